The first-order valence-corrected chi connectivity index (χ1v) is 7.83. The first kappa shape index (κ1) is 14.5. The summed E-state index contributed by atoms with van der Waals surface area (Å²) in [5.74, 6) is 1.76. The number of aromatic nitrogens is 1. The Morgan fingerprint density at radius 3 is 2.58 bits per heavy atom. The Labute approximate surface area is 118 Å². The molecule has 0 spiro atoms. The summed E-state index contributed by atoms with van der Waals surface area (Å²) in [6, 6.07) is 2.77. The largest absolute Gasteiger partial charge is 0.313 e. The molecule has 2 nitrogen and oxygen atoms in total. The minimum Gasteiger partial charge on any atom is -0.313 e. The zero-order valence-corrected chi connectivity index (χ0v) is 12.7. The van der Waals surface area contributed by atoms with Crippen molar-refractivity contribution >= 4 is 0 Å². The van der Waals surface area contributed by atoms with Crippen LogP contribution in [0.2, 0.25) is 0 Å². The molecule has 1 aromatic heterocycles. The lowest BCUT2D eigenvalue weighted by atomic mass is 9.75. The Kier molecular flexibility index (Phi) is 5.38. The highest BCUT2D eigenvalue weighted by Crippen LogP contribution is 2.38. The number of rotatable bonds is 5. The van der Waals surface area contributed by atoms with Gasteiger partial charge in [-0.2, -0.15) is 0 Å². The van der Waals surface area contributed by atoms with Crippen LogP contribution in [0, 0.1) is 18.8 Å². The predicted octanol–water partition coefficient (Wildman–Crippen LogP) is 4.26. The first-order valence-electron chi connectivity index (χ1n) is 7.83. The topological polar surface area (TPSA) is 24.9 Å². The van der Waals surface area contributed by atoms with Crippen molar-refractivity contribution in [2.24, 2.45) is 11.8 Å². The monoisotopic (exact) mass is 260 g/mol. The summed E-state index contributed by atoms with van der Waals surface area (Å²) < 4.78 is 0. The Morgan fingerprint density at radius 2 is 2.00 bits per heavy atom. The first-order chi connectivity index (χ1) is 9.24. The second-order valence-electron chi connectivity index (χ2n) is 6.13. The summed E-state index contributed by atoms with van der Waals surface area (Å²) in [6.07, 6.45) is 12.3. The zero-order valence-electron chi connectivity index (χ0n) is 12.7. The standard InChI is InChI=1S/C17H28N2/c1-4-5-14-6-8-15(9-7-14)17(18-3)16-10-13(2)11-19-12-16/h10-12,14-15,17-18H,4-9H2,1-3H3. The van der Waals surface area contributed by atoms with Gasteiger partial charge >= 0.3 is 0 Å². The number of nitrogens with zero attached hydrogens (tertiary/aromatic N) is 1. The fourth-order valence-corrected chi connectivity index (χ4v) is 3.64. The van der Waals surface area contributed by atoms with Crippen molar-refractivity contribution in [3.63, 3.8) is 0 Å². The molecule has 1 atom stereocenters. The van der Waals surface area contributed by atoms with E-state index in [2.05, 4.69) is 37.3 Å². The molecule has 2 rings (SSSR count). The Morgan fingerprint density at radius 1 is 1.26 bits per heavy atom. The average molecular weight is 260 g/mol. The molecule has 106 valence electrons. The molecule has 1 aliphatic carbocycles. The minimum absolute atomic E-state index is 0.481. The highest BCUT2D eigenvalue weighted by Gasteiger charge is 2.27. The van der Waals surface area contributed by atoms with E-state index in [-0.39, 0.29) is 0 Å². The molecule has 1 heterocycles. The molecule has 1 saturated carbocycles. The van der Waals surface area contributed by atoms with E-state index in [0.29, 0.717) is 6.04 Å². The van der Waals surface area contributed by atoms with Crippen molar-refractivity contribution < 1.29 is 0 Å². The predicted molar refractivity (Wildman–Crippen MR) is 81.1 cm³/mol. The van der Waals surface area contributed by atoms with E-state index in [1.54, 1.807) is 0 Å². The van der Waals surface area contributed by atoms with Crippen molar-refractivity contribution in [3.05, 3.63) is 29.6 Å². The summed E-state index contributed by atoms with van der Waals surface area (Å²) in [5.41, 5.74) is 2.62. The van der Waals surface area contributed by atoms with Gasteiger partial charge in [-0.05, 0) is 49.8 Å². The fourth-order valence-electron chi connectivity index (χ4n) is 3.64. The van der Waals surface area contributed by atoms with Gasteiger partial charge in [0.05, 0.1) is 0 Å². The van der Waals surface area contributed by atoms with Crippen molar-refractivity contribution in [1.29, 1.82) is 0 Å². The fraction of sp³-hybridized carbons (Fsp3) is 0.706. The van der Waals surface area contributed by atoms with Crippen LogP contribution < -0.4 is 5.32 Å². The van der Waals surface area contributed by atoms with Crippen LogP contribution in [-0.4, -0.2) is 12.0 Å². The molecule has 1 unspecified atom stereocenters. The van der Waals surface area contributed by atoms with E-state index in [1.165, 1.54) is 49.7 Å². The number of hydrogen-bond donors (Lipinski definition) is 1. The third-order valence-electron chi connectivity index (χ3n) is 4.63. The van der Waals surface area contributed by atoms with Crippen LogP contribution in [0.3, 0.4) is 0 Å². The lowest BCUT2D eigenvalue weighted by molar-refractivity contribution is 0.219. The Hall–Kier alpha value is -0.890. The van der Waals surface area contributed by atoms with Crippen molar-refractivity contribution in [3.8, 4) is 0 Å². The van der Waals surface area contributed by atoms with E-state index in [4.69, 9.17) is 0 Å². The van der Waals surface area contributed by atoms with Crippen LogP contribution in [0.1, 0.15) is 62.6 Å². The van der Waals surface area contributed by atoms with Crippen LogP contribution in [0.4, 0.5) is 0 Å². The molecule has 0 radical (unpaired) electrons. The SMILES string of the molecule is CCCC1CCC(C(NC)c2cncc(C)c2)CC1. The molecular formula is C17H28N2. The van der Waals surface area contributed by atoms with Crippen LogP contribution in [0.5, 0.6) is 0 Å². The molecule has 0 bridgehead atoms. The summed E-state index contributed by atoms with van der Waals surface area (Å²) in [6.45, 7) is 4.43. The maximum absolute atomic E-state index is 4.35. The van der Waals surface area contributed by atoms with E-state index >= 15 is 0 Å². The van der Waals surface area contributed by atoms with Gasteiger partial charge < -0.3 is 5.32 Å². The molecule has 0 saturated heterocycles. The zero-order chi connectivity index (χ0) is 13.7. The molecule has 1 aliphatic rings. The van der Waals surface area contributed by atoms with E-state index in [9.17, 15) is 0 Å². The van der Waals surface area contributed by atoms with Crippen LogP contribution in [-0.2, 0) is 0 Å². The van der Waals surface area contributed by atoms with Crippen LogP contribution in [0.25, 0.3) is 0 Å². The summed E-state index contributed by atoms with van der Waals surface area (Å²) >= 11 is 0. The normalized spacial score (nSPS) is 25.2. The number of hydrogen-bond acceptors (Lipinski definition) is 2. The van der Waals surface area contributed by atoms with Gasteiger partial charge in [-0.25, -0.2) is 0 Å². The van der Waals surface area contributed by atoms with Crippen molar-refractivity contribution in [2.75, 3.05) is 7.05 Å². The summed E-state index contributed by atoms with van der Waals surface area (Å²) in [4.78, 5) is 4.35. The molecule has 0 amide bonds. The molecule has 0 aliphatic heterocycles. The van der Waals surface area contributed by atoms with Gasteiger partial charge in [0.25, 0.3) is 0 Å². The molecular weight excluding hydrogens is 232 g/mol. The highest BCUT2D eigenvalue weighted by atomic mass is 14.9. The van der Waals surface area contributed by atoms with E-state index in [0.717, 1.165) is 11.8 Å². The molecule has 19 heavy (non-hydrogen) atoms. The van der Waals surface area contributed by atoms with Gasteiger partial charge in [-0.3, -0.25) is 4.98 Å². The van der Waals surface area contributed by atoms with Crippen molar-refractivity contribution in [1.82, 2.24) is 10.3 Å². The van der Waals surface area contributed by atoms with Crippen LogP contribution in [0.15, 0.2) is 18.5 Å². The summed E-state index contributed by atoms with van der Waals surface area (Å²) in [7, 11) is 2.09. The number of aryl methyl sites for hydroxylation is 1. The van der Waals surface area contributed by atoms with Gasteiger partial charge in [0.2, 0.25) is 0 Å². The van der Waals surface area contributed by atoms with Gasteiger partial charge in [0.1, 0.15) is 0 Å². The van der Waals surface area contributed by atoms with Gasteiger partial charge in [0, 0.05) is 18.4 Å². The second kappa shape index (κ2) is 7.04. The lowest BCUT2D eigenvalue weighted by Crippen LogP contribution is -2.29. The van der Waals surface area contributed by atoms with Gasteiger partial charge in [0.15, 0.2) is 0 Å². The third kappa shape index (κ3) is 3.79. The van der Waals surface area contributed by atoms with Crippen LogP contribution >= 0.6 is 0 Å². The average Bonchev–Trinajstić information content (AvgIpc) is 2.42. The quantitative estimate of drug-likeness (QED) is 0.855. The molecule has 2 heteroatoms. The highest BCUT2D eigenvalue weighted by molar-refractivity contribution is 5.21. The molecule has 0 aromatic carbocycles. The second-order valence-corrected chi connectivity index (χ2v) is 6.13. The molecule has 1 aromatic rings. The number of nitrogens with one attached hydrogen (secondary N) is 1. The number of pyridine rings is 1. The molecule has 1 fully saturated rings. The van der Waals surface area contributed by atoms with Gasteiger partial charge in [-0.15, -0.1) is 0 Å². The van der Waals surface area contributed by atoms with E-state index < -0.39 is 0 Å². The third-order valence-corrected chi connectivity index (χ3v) is 4.63. The lowest BCUT2D eigenvalue weighted by Gasteiger charge is -2.34. The maximum Gasteiger partial charge on any atom is 0.0361 e. The van der Waals surface area contributed by atoms with Gasteiger partial charge in [-0.1, -0.05) is 38.7 Å². The smallest absolute Gasteiger partial charge is 0.0361 e. The Balaban J connectivity index is 1.99. The molecule has 1 N–H and O–H groups in total. The Bertz CT molecular complexity index is 381. The maximum atomic E-state index is 4.35. The summed E-state index contributed by atoms with van der Waals surface area (Å²) in [5, 5.41) is 3.52. The minimum atomic E-state index is 0.481. The van der Waals surface area contributed by atoms with Crippen molar-refractivity contribution in [2.45, 2.75) is 58.4 Å². The van der Waals surface area contributed by atoms with E-state index in [1.807, 2.05) is 12.4 Å².